The average Bonchev–Trinajstić information content (AvgIpc) is 2.04. The maximum Gasteiger partial charge on any atom is 0.227 e. The average molecular weight is 201 g/mol. The standard InChI is InChI=1S/C7H11N3O2S/c1-7(5-9)6-10(2)13(11,12)4-3-8/h7H,4,6H2,1-2H3. The summed E-state index contributed by atoms with van der Waals surface area (Å²) < 4.78 is 23.4. The molecule has 0 aromatic heterocycles. The highest BCUT2D eigenvalue weighted by atomic mass is 32.2. The van der Waals surface area contributed by atoms with Crippen LogP contribution in [0.3, 0.4) is 0 Å². The third-order valence-electron chi connectivity index (χ3n) is 1.47. The van der Waals surface area contributed by atoms with Crippen LogP contribution in [0.1, 0.15) is 6.92 Å². The van der Waals surface area contributed by atoms with Gasteiger partial charge in [-0.1, -0.05) is 0 Å². The third-order valence-corrected chi connectivity index (χ3v) is 3.07. The van der Waals surface area contributed by atoms with Crippen molar-refractivity contribution >= 4 is 10.0 Å². The van der Waals surface area contributed by atoms with Crippen molar-refractivity contribution in [2.45, 2.75) is 6.92 Å². The second kappa shape index (κ2) is 4.80. The topological polar surface area (TPSA) is 85.0 Å². The van der Waals surface area contributed by atoms with Crippen molar-refractivity contribution in [2.24, 2.45) is 5.92 Å². The molecule has 72 valence electrons. The van der Waals surface area contributed by atoms with Gasteiger partial charge in [0, 0.05) is 13.6 Å². The van der Waals surface area contributed by atoms with Crippen molar-refractivity contribution in [1.29, 1.82) is 10.5 Å². The first-order valence-electron chi connectivity index (χ1n) is 3.64. The van der Waals surface area contributed by atoms with Gasteiger partial charge in [-0.15, -0.1) is 0 Å². The number of hydrogen-bond acceptors (Lipinski definition) is 4. The molecule has 0 heterocycles. The Morgan fingerprint density at radius 2 is 2.00 bits per heavy atom. The molecule has 1 atom stereocenters. The molecule has 0 fully saturated rings. The second-order valence-corrected chi connectivity index (χ2v) is 4.80. The molecule has 0 aliphatic rings. The molecule has 0 amide bonds. The summed E-state index contributed by atoms with van der Waals surface area (Å²) in [4.78, 5) is 0. The molecule has 0 spiro atoms. The molecule has 13 heavy (non-hydrogen) atoms. The minimum Gasteiger partial charge on any atom is -0.211 e. The van der Waals surface area contributed by atoms with Crippen LogP contribution in [-0.2, 0) is 10.0 Å². The normalized spacial score (nSPS) is 13.3. The number of sulfonamides is 1. The molecular formula is C7H11N3O2S. The molecule has 0 aliphatic heterocycles. The maximum atomic E-state index is 11.2. The molecule has 0 saturated heterocycles. The zero-order valence-electron chi connectivity index (χ0n) is 7.56. The minimum absolute atomic E-state index is 0.126. The zero-order valence-corrected chi connectivity index (χ0v) is 8.37. The lowest BCUT2D eigenvalue weighted by atomic mass is 10.2. The van der Waals surface area contributed by atoms with E-state index >= 15 is 0 Å². The van der Waals surface area contributed by atoms with Gasteiger partial charge < -0.3 is 0 Å². The smallest absolute Gasteiger partial charge is 0.211 e. The predicted molar refractivity (Wildman–Crippen MR) is 46.8 cm³/mol. The molecule has 5 nitrogen and oxygen atoms in total. The van der Waals surface area contributed by atoms with Crippen molar-refractivity contribution in [3.63, 3.8) is 0 Å². The Balaban J connectivity index is 4.38. The van der Waals surface area contributed by atoms with Gasteiger partial charge in [0.05, 0.1) is 18.1 Å². The van der Waals surface area contributed by atoms with Crippen molar-refractivity contribution in [3.05, 3.63) is 0 Å². The Hall–Kier alpha value is -1.11. The fourth-order valence-corrected chi connectivity index (χ4v) is 1.57. The van der Waals surface area contributed by atoms with Gasteiger partial charge in [0.15, 0.2) is 5.75 Å². The first kappa shape index (κ1) is 11.9. The molecular weight excluding hydrogens is 190 g/mol. The van der Waals surface area contributed by atoms with Crippen molar-refractivity contribution in [3.8, 4) is 12.1 Å². The Bertz CT molecular complexity index is 336. The lowest BCUT2D eigenvalue weighted by molar-refractivity contribution is 0.441. The zero-order chi connectivity index (χ0) is 10.5. The summed E-state index contributed by atoms with van der Waals surface area (Å²) in [6, 6.07) is 3.49. The van der Waals surface area contributed by atoms with Crippen LogP contribution in [0, 0.1) is 28.6 Å². The molecule has 0 bridgehead atoms. The number of nitriles is 2. The van der Waals surface area contributed by atoms with Crippen molar-refractivity contribution < 1.29 is 8.42 Å². The first-order valence-corrected chi connectivity index (χ1v) is 5.25. The van der Waals surface area contributed by atoms with E-state index < -0.39 is 15.8 Å². The summed E-state index contributed by atoms with van der Waals surface area (Å²) in [6.07, 6.45) is 0. The minimum atomic E-state index is -3.49. The van der Waals surface area contributed by atoms with E-state index in [0.29, 0.717) is 0 Å². The Morgan fingerprint density at radius 1 is 1.46 bits per heavy atom. The molecule has 0 saturated carbocycles. The van der Waals surface area contributed by atoms with Gasteiger partial charge in [0.1, 0.15) is 0 Å². The molecule has 0 N–H and O–H groups in total. The van der Waals surface area contributed by atoms with E-state index in [4.69, 9.17) is 10.5 Å². The SMILES string of the molecule is CC(C#N)CN(C)S(=O)(=O)CC#N. The molecule has 0 aromatic carbocycles. The summed E-state index contributed by atoms with van der Waals surface area (Å²) >= 11 is 0. The second-order valence-electron chi connectivity index (χ2n) is 2.72. The number of rotatable bonds is 4. The van der Waals surface area contributed by atoms with E-state index in [0.717, 1.165) is 4.31 Å². The van der Waals surface area contributed by atoms with Gasteiger partial charge >= 0.3 is 0 Å². The van der Waals surface area contributed by atoms with Crippen LogP contribution in [0.25, 0.3) is 0 Å². The van der Waals surface area contributed by atoms with Gasteiger partial charge in [0.2, 0.25) is 10.0 Å². The van der Waals surface area contributed by atoms with E-state index in [1.807, 2.05) is 6.07 Å². The first-order chi connectivity index (χ1) is 5.94. The van der Waals surface area contributed by atoms with Crippen molar-refractivity contribution in [2.75, 3.05) is 19.3 Å². The van der Waals surface area contributed by atoms with Crippen LogP contribution in [0.4, 0.5) is 0 Å². The van der Waals surface area contributed by atoms with Crippen molar-refractivity contribution in [1.82, 2.24) is 4.31 Å². The van der Waals surface area contributed by atoms with Gasteiger partial charge in [-0.25, -0.2) is 12.7 Å². The van der Waals surface area contributed by atoms with Crippen LogP contribution in [0.15, 0.2) is 0 Å². The van der Waals surface area contributed by atoms with Crippen LogP contribution in [-0.4, -0.2) is 32.1 Å². The molecule has 6 heteroatoms. The van der Waals surface area contributed by atoms with E-state index in [9.17, 15) is 8.42 Å². The van der Waals surface area contributed by atoms with E-state index in [1.54, 1.807) is 13.0 Å². The molecule has 0 aliphatic carbocycles. The van der Waals surface area contributed by atoms with Gasteiger partial charge in [-0.2, -0.15) is 10.5 Å². The molecule has 0 rings (SSSR count). The lowest BCUT2D eigenvalue weighted by Gasteiger charge is -2.15. The van der Waals surface area contributed by atoms with Gasteiger partial charge in [-0.3, -0.25) is 0 Å². The predicted octanol–water partition coefficient (Wildman–Crippen LogP) is -0.0687. The van der Waals surface area contributed by atoms with Crippen LogP contribution >= 0.6 is 0 Å². The summed E-state index contributed by atoms with van der Waals surface area (Å²) in [5.41, 5.74) is 0. The van der Waals surface area contributed by atoms with Gasteiger partial charge in [-0.05, 0) is 6.92 Å². The quantitative estimate of drug-likeness (QED) is 0.637. The summed E-state index contributed by atoms with van der Waals surface area (Å²) in [5, 5.41) is 16.7. The largest absolute Gasteiger partial charge is 0.227 e. The maximum absolute atomic E-state index is 11.2. The Kier molecular flexibility index (Phi) is 4.39. The third kappa shape index (κ3) is 3.88. The Morgan fingerprint density at radius 3 is 2.38 bits per heavy atom. The Labute approximate surface area is 78.2 Å². The molecule has 0 aromatic rings. The number of nitrogens with zero attached hydrogens (tertiary/aromatic N) is 3. The summed E-state index contributed by atoms with van der Waals surface area (Å²) in [5.74, 6) is -0.903. The highest BCUT2D eigenvalue weighted by molar-refractivity contribution is 7.89. The highest BCUT2D eigenvalue weighted by Gasteiger charge is 2.18. The van der Waals surface area contributed by atoms with Gasteiger partial charge in [0.25, 0.3) is 0 Å². The molecule has 0 radical (unpaired) electrons. The van der Waals surface area contributed by atoms with E-state index in [2.05, 4.69) is 0 Å². The number of hydrogen-bond donors (Lipinski definition) is 0. The van der Waals surface area contributed by atoms with Crippen LogP contribution < -0.4 is 0 Å². The fraction of sp³-hybridized carbons (Fsp3) is 0.714. The van der Waals surface area contributed by atoms with Crippen LogP contribution in [0.5, 0.6) is 0 Å². The monoisotopic (exact) mass is 201 g/mol. The summed E-state index contributed by atoms with van der Waals surface area (Å²) in [6.45, 7) is 1.75. The van der Waals surface area contributed by atoms with Crippen LogP contribution in [0.2, 0.25) is 0 Å². The van der Waals surface area contributed by atoms with E-state index in [-0.39, 0.29) is 12.5 Å². The fourth-order valence-electron chi connectivity index (χ4n) is 0.732. The summed E-state index contributed by atoms with van der Waals surface area (Å²) in [7, 11) is -2.13. The molecule has 1 unspecified atom stereocenters. The van der Waals surface area contributed by atoms with E-state index in [1.165, 1.54) is 7.05 Å². The lowest BCUT2D eigenvalue weighted by Crippen LogP contribution is -2.32. The highest BCUT2D eigenvalue weighted by Crippen LogP contribution is 2.02.